The Kier molecular flexibility index (Phi) is 5.20. The summed E-state index contributed by atoms with van der Waals surface area (Å²) < 4.78 is 0. The summed E-state index contributed by atoms with van der Waals surface area (Å²) in [5.74, 6) is 0.971. The number of thiophene rings is 1. The number of nitrogen functional groups attached to an aromatic ring is 1. The molecule has 5 heteroatoms. The first kappa shape index (κ1) is 15.3. The molecule has 0 radical (unpaired) electrons. The monoisotopic (exact) mass is 276 g/mol. The molecule has 1 aromatic rings. The van der Waals surface area contributed by atoms with E-state index in [4.69, 9.17) is 11.0 Å². The Bertz CT molecular complexity index is 507. The molecule has 0 amide bonds. The van der Waals surface area contributed by atoms with Gasteiger partial charge < -0.3 is 10.6 Å². The minimum atomic E-state index is 0.322. The maximum Gasteiger partial charge on any atom is 0.131 e. The molecule has 0 saturated heterocycles. The standard InChI is InChI=1S/C14H20N4S/c1-9(2)7-18(8-10(3)4)14-11(5-15)13(17)12(6-16)19-14/h9-10H,7-8,17H2,1-4H3. The molecule has 4 nitrogen and oxygen atoms in total. The fourth-order valence-electron chi connectivity index (χ4n) is 1.97. The van der Waals surface area contributed by atoms with Gasteiger partial charge in [0.25, 0.3) is 0 Å². The van der Waals surface area contributed by atoms with E-state index >= 15 is 0 Å². The van der Waals surface area contributed by atoms with Crippen LogP contribution in [0.15, 0.2) is 0 Å². The van der Waals surface area contributed by atoms with E-state index in [1.165, 1.54) is 11.3 Å². The van der Waals surface area contributed by atoms with Crippen molar-refractivity contribution in [2.24, 2.45) is 11.8 Å². The minimum absolute atomic E-state index is 0.322. The van der Waals surface area contributed by atoms with Gasteiger partial charge in [0, 0.05) is 13.1 Å². The molecule has 0 aliphatic heterocycles. The average molecular weight is 276 g/mol. The summed E-state index contributed by atoms with van der Waals surface area (Å²) in [5, 5.41) is 19.1. The smallest absolute Gasteiger partial charge is 0.131 e. The minimum Gasteiger partial charge on any atom is -0.396 e. The molecule has 0 fully saturated rings. The van der Waals surface area contributed by atoms with Crippen LogP contribution in [-0.4, -0.2) is 13.1 Å². The van der Waals surface area contributed by atoms with Crippen LogP contribution in [0, 0.1) is 34.5 Å². The average Bonchev–Trinajstić information content (AvgIpc) is 2.63. The first-order chi connectivity index (χ1) is 8.90. The Morgan fingerprint density at radius 2 is 1.63 bits per heavy atom. The van der Waals surface area contributed by atoms with E-state index in [1.807, 2.05) is 0 Å². The zero-order valence-corrected chi connectivity index (χ0v) is 12.7. The van der Waals surface area contributed by atoms with E-state index in [0.29, 0.717) is 28.0 Å². The van der Waals surface area contributed by atoms with Gasteiger partial charge in [-0.3, -0.25) is 0 Å². The second kappa shape index (κ2) is 6.45. The zero-order chi connectivity index (χ0) is 14.6. The van der Waals surface area contributed by atoms with Gasteiger partial charge in [-0.05, 0) is 11.8 Å². The van der Waals surface area contributed by atoms with Crippen LogP contribution in [0.25, 0.3) is 0 Å². The predicted octanol–water partition coefficient (Wildman–Crippen LogP) is 3.19. The van der Waals surface area contributed by atoms with Crippen molar-refractivity contribution in [2.75, 3.05) is 23.7 Å². The van der Waals surface area contributed by atoms with Gasteiger partial charge in [-0.1, -0.05) is 27.7 Å². The van der Waals surface area contributed by atoms with Crippen LogP contribution in [0.5, 0.6) is 0 Å². The lowest BCUT2D eigenvalue weighted by molar-refractivity contribution is 0.555. The lowest BCUT2D eigenvalue weighted by Crippen LogP contribution is -2.31. The number of nitriles is 2. The van der Waals surface area contributed by atoms with Crippen molar-refractivity contribution >= 4 is 22.0 Å². The van der Waals surface area contributed by atoms with Gasteiger partial charge in [0.15, 0.2) is 0 Å². The molecule has 0 spiro atoms. The maximum atomic E-state index is 9.27. The number of anilines is 2. The lowest BCUT2D eigenvalue weighted by atomic mass is 10.1. The van der Waals surface area contributed by atoms with Crippen LogP contribution in [0.3, 0.4) is 0 Å². The first-order valence-electron chi connectivity index (χ1n) is 6.38. The zero-order valence-electron chi connectivity index (χ0n) is 11.9. The van der Waals surface area contributed by atoms with Crippen LogP contribution < -0.4 is 10.6 Å². The highest BCUT2D eigenvalue weighted by Gasteiger charge is 2.21. The van der Waals surface area contributed by atoms with Crippen LogP contribution in [0.1, 0.15) is 38.1 Å². The Morgan fingerprint density at radius 1 is 1.11 bits per heavy atom. The van der Waals surface area contributed by atoms with Gasteiger partial charge >= 0.3 is 0 Å². The van der Waals surface area contributed by atoms with Crippen molar-refractivity contribution in [2.45, 2.75) is 27.7 Å². The van der Waals surface area contributed by atoms with E-state index in [-0.39, 0.29) is 0 Å². The van der Waals surface area contributed by atoms with Crippen molar-refractivity contribution in [3.8, 4) is 12.1 Å². The third kappa shape index (κ3) is 3.62. The second-order valence-electron chi connectivity index (χ2n) is 5.44. The molecule has 1 heterocycles. The molecule has 0 aliphatic carbocycles. The van der Waals surface area contributed by atoms with E-state index in [1.54, 1.807) is 0 Å². The van der Waals surface area contributed by atoms with Crippen molar-refractivity contribution < 1.29 is 0 Å². The number of hydrogen-bond acceptors (Lipinski definition) is 5. The third-order valence-electron chi connectivity index (χ3n) is 2.60. The summed E-state index contributed by atoms with van der Waals surface area (Å²) in [6.07, 6.45) is 0. The Labute approximate surface area is 119 Å². The van der Waals surface area contributed by atoms with E-state index < -0.39 is 0 Å². The van der Waals surface area contributed by atoms with Crippen molar-refractivity contribution in [1.29, 1.82) is 10.5 Å². The van der Waals surface area contributed by atoms with Gasteiger partial charge in [-0.25, -0.2) is 0 Å². The molecule has 102 valence electrons. The second-order valence-corrected chi connectivity index (χ2v) is 6.44. The molecule has 0 aliphatic rings. The molecule has 0 unspecified atom stereocenters. The quantitative estimate of drug-likeness (QED) is 0.896. The topological polar surface area (TPSA) is 76.8 Å². The van der Waals surface area contributed by atoms with E-state index in [2.05, 4.69) is 44.7 Å². The normalized spacial score (nSPS) is 10.5. The summed E-state index contributed by atoms with van der Waals surface area (Å²) in [4.78, 5) is 2.61. The molecular weight excluding hydrogens is 256 g/mol. The Balaban J connectivity index is 3.22. The van der Waals surface area contributed by atoms with Gasteiger partial charge in [0.2, 0.25) is 0 Å². The van der Waals surface area contributed by atoms with Crippen molar-refractivity contribution in [1.82, 2.24) is 0 Å². The molecular formula is C14H20N4S. The lowest BCUT2D eigenvalue weighted by Gasteiger charge is -2.27. The summed E-state index contributed by atoms with van der Waals surface area (Å²) >= 11 is 1.32. The summed E-state index contributed by atoms with van der Waals surface area (Å²) in [7, 11) is 0. The fourth-order valence-corrected chi connectivity index (χ4v) is 2.95. The highest BCUT2D eigenvalue weighted by atomic mass is 32.1. The predicted molar refractivity (Wildman–Crippen MR) is 80.1 cm³/mol. The molecule has 1 aromatic heterocycles. The maximum absolute atomic E-state index is 9.27. The number of hydrogen-bond donors (Lipinski definition) is 1. The molecule has 19 heavy (non-hydrogen) atoms. The SMILES string of the molecule is CC(C)CN(CC(C)C)c1sc(C#N)c(N)c1C#N. The first-order valence-corrected chi connectivity index (χ1v) is 7.19. The number of nitrogens with two attached hydrogens (primary N) is 1. The largest absolute Gasteiger partial charge is 0.396 e. The van der Waals surface area contributed by atoms with Crippen molar-refractivity contribution in [3.63, 3.8) is 0 Å². The van der Waals surface area contributed by atoms with Crippen molar-refractivity contribution in [3.05, 3.63) is 10.4 Å². The molecule has 0 atom stereocenters. The third-order valence-corrected chi connectivity index (χ3v) is 3.77. The molecule has 2 N–H and O–H groups in total. The molecule has 0 saturated carbocycles. The van der Waals surface area contributed by atoms with Crippen LogP contribution in [-0.2, 0) is 0 Å². The van der Waals surface area contributed by atoms with Gasteiger partial charge in [0.05, 0.1) is 5.69 Å². The number of nitrogens with zero attached hydrogens (tertiary/aromatic N) is 3. The summed E-state index contributed by atoms with van der Waals surface area (Å²) in [6.45, 7) is 10.3. The Morgan fingerprint density at radius 3 is 2.00 bits per heavy atom. The molecule has 0 aromatic carbocycles. The van der Waals surface area contributed by atoms with Gasteiger partial charge in [0.1, 0.15) is 27.6 Å². The van der Waals surface area contributed by atoms with Crippen LogP contribution >= 0.6 is 11.3 Å². The number of rotatable bonds is 5. The van der Waals surface area contributed by atoms with E-state index in [9.17, 15) is 5.26 Å². The van der Waals surface area contributed by atoms with Crippen LogP contribution in [0.4, 0.5) is 10.7 Å². The van der Waals surface area contributed by atoms with Gasteiger partial charge in [-0.15, -0.1) is 11.3 Å². The molecule has 1 rings (SSSR count). The summed E-state index contributed by atoms with van der Waals surface area (Å²) in [5.41, 5.74) is 6.63. The van der Waals surface area contributed by atoms with Crippen LogP contribution in [0.2, 0.25) is 0 Å². The Hall–Kier alpha value is -1.72. The highest BCUT2D eigenvalue weighted by Crippen LogP contribution is 2.37. The molecule has 0 bridgehead atoms. The summed E-state index contributed by atoms with van der Waals surface area (Å²) in [6, 6.07) is 4.21. The fraction of sp³-hybridized carbons (Fsp3) is 0.571. The van der Waals surface area contributed by atoms with E-state index in [0.717, 1.165) is 18.1 Å². The van der Waals surface area contributed by atoms with Gasteiger partial charge in [-0.2, -0.15) is 10.5 Å². The highest BCUT2D eigenvalue weighted by molar-refractivity contribution is 7.17.